The highest BCUT2D eigenvalue weighted by atomic mass is 35.5. The van der Waals surface area contributed by atoms with E-state index in [0.29, 0.717) is 5.88 Å². The predicted octanol–water partition coefficient (Wildman–Crippen LogP) is 4.04. The van der Waals surface area contributed by atoms with Gasteiger partial charge in [-0.25, -0.2) is 0 Å². The fourth-order valence-electron chi connectivity index (χ4n) is 2.34. The maximum atomic E-state index is 12.2. The van der Waals surface area contributed by atoms with Crippen molar-refractivity contribution in [2.75, 3.05) is 12.4 Å². The summed E-state index contributed by atoms with van der Waals surface area (Å²) >= 11 is 7.35. The lowest BCUT2D eigenvalue weighted by molar-refractivity contribution is 0.0948. The van der Waals surface area contributed by atoms with Crippen molar-refractivity contribution in [3.05, 3.63) is 35.2 Å². The fraction of sp³-hybridized carbons (Fsp3) is 0.400. The maximum Gasteiger partial charge on any atom is 0.261 e. The fourth-order valence-corrected chi connectivity index (χ4v) is 3.72. The van der Waals surface area contributed by atoms with E-state index in [0.717, 1.165) is 27.9 Å². The van der Waals surface area contributed by atoms with E-state index < -0.39 is 0 Å². The third-order valence-corrected chi connectivity index (χ3v) is 5.16. The first-order valence-corrected chi connectivity index (χ1v) is 7.90. The molecule has 1 saturated carbocycles. The van der Waals surface area contributed by atoms with Crippen LogP contribution in [0.15, 0.2) is 30.3 Å². The van der Waals surface area contributed by atoms with Crippen LogP contribution in [0.1, 0.15) is 28.9 Å². The van der Waals surface area contributed by atoms with Crippen LogP contribution in [0.2, 0.25) is 0 Å². The largest absolute Gasteiger partial charge is 0.351 e. The Kier molecular flexibility index (Phi) is 3.50. The van der Waals surface area contributed by atoms with Crippen LogP contribution < -0.4 is 5.32 Å². The molecule has 0 unspecified atom stereocenters. The van der Waals surface area contributed by atoms with Gasteiger partial charge in [-0.2, -0.15) is 0 Å². The predicted molar refractivity (Wildman–Crippen MR) is 81.2 cm³/mol. The van der Waals surface area contributed by atoms with E-state index in [1.807, 2.05) is 30.3 Å². The second-order valence-corrected chi connectivity index (χ2v) is 6.73. The van der Waals surface area contributed by atoms with E-state index in [9.17, 15) is 4.79 Å². The first-order chi connectivity index (χ1) is 9.22. The lowest BCUT2D eigenvalue weighted by Gasteiger charge is -2.13. The summed E-state index contributed by atoms with van der Waals surface area (Å²) in [6, 6.07) is 10.1. The average Bonchev–Trinajstić information content (AvgIpc) is 3.04. The van der Waals surface area contributed by atoms with E-state index in [2.05, 4.69) is 5.32 Å². The second kappa shape index (κ2) is 5.14. The molecule has 1 N–H and O–H groups in total. The van der Waals surface area contributed by atoms with Crippen LogP contribution in [0.25, 0.3) is 10.1 Å². The molecule has 0 radical (unpaired) electrons. The molecule has 19 heavy (non-hydrogen) atoms. The molecule has 0 bridgehead atoms. The Bertz CT molecular complexity index is 570. The molecule has 0 atom stereocenters. The van der Waals surface area contributed by atoms with Gasteiger partial charge in [0.1, 0.15) is 0 Å². The molecule has 1 fully saturated rings. The third-order valence-electron chi connectivity index (χ3n) is 3.86. The molecule has 100 valence electrons. The summed E-state index contributed by atoms with van der Waals surface area (Å²) < 4.78 is 1.16. The first kappa shape index (κ1) is 12.9. The van der Waals surface area contributed by atoms with Crippen molar-refractivity contribution >= 4 is 38.9 Å². The molecule has 1 aliphatic carbocycles. The molecule has 2 aromatic rings. The van der Waals surface area contributed by atoms with Crippen molar-refractivity contribution in [1.82, 2.24) is 5.32 Å². The van der Waals surface area contributed by atoms with Gasteiger partial charge in [0.05, 0.1) is 4.88 Å². The minimum Gasteiger partial charge on any atom is -0.351 e. The standard InChI is InChI=1S/C15H16ClNOS/c16-8-7-15(5-6-15)10-17-14(18)13-9-11-3-1-2-4-12(11)19-13/h1-4,9H,5-8,10H2,(H,17,18). The van der Waals surface area contributed by atoms with Crippen molar-refractivity contribution in [1.29, 1.82) is 0 Å². The number of amides is 1. The molecule has 2 nitrogen and oxygen atoms in total. The van der Waals surface area contributed by atoms with Crippen LogP contribution in [0.4, 0.5) is 0 Å². The van der Waals surface area contributed by atoms with E-state index in [4.69, 9.17) is 11.6 Å². The van der Waals surface area contributed by atoms with Gasteiger partial charge in [-0.05, 0) is 42.2 Å². The van der Waals surface area contributed by atoms with Gasteiger partial charge in [-0.1, -0.05) is 18.2 Å². The van der Waals surface area contributed by atoms with Crippen LogP contribution in [-0.4, -0.2) is 18.3 Å². The lowest BCUT2D eigenvalue weighted by Crippen LogP contribution is -2.29. The van der Waals surface area contributed by atoms with Gasteiger partial charge in [-0.15, -0.1) is 22.9 Å². The minimum atomic E-state index is 0.0436. The lowest BCUT2D eigenvalue weighted by atomic mass is 10.0. The molecule has 1 heterocycles. The number of halogens is 1. The van der Waals surface area contributed by atoms with Gasteiger partial charge >= 0.3 is 0 Å². The molecule has 1 aliphatic rings. The number of hydrogen-bond acceptors (Lipinski definition) is 2. The Balaban J connectivity index is 1.67. The van der Waals surface area contributed by atoms with Crippen molar-refractivity contribution in [2.45, 2.75) is 19.3 Å². The SMILES string of the molecule is O=C(NCC1(CCCl)CC1)c1cc2ccccc2s1. The Morgan fingerprint density at radius 1 is 1.37 bits per heavy atom. The summed E-state index contributed by atoms with van der Waals surface area (Å²) in [5.74, 6) is 0.723. The molecule has 0 saturated heterocycles. The number of carbonyl (C=O) groups excluding carboxylic acids is 1. The Hall–Kier alpha value is -1.06. The zero-order valence-corrected chi connectivity index (χ0v) is 12.2. The average molecular weight is 294 g/mol. The first-order valence-electron chi connectivity index (χ1n) is 6.55. The summed E-state index contributed by atoms with van der Waals surface area (Å²) in [5.41, 5.74) is 0.286. The van der Waals surface area contributed by atoms with E-state index in [1.54, 1.807) is 11.3 Å². The van der Waals surface area contributed by atoms with Crippen LogP contribution in [0.5, 0.6) is 0 Å². The Labute approximate surface area is 121 Å². The van der Waals surface area contributed by atoms with Gasteiger partial charge in [0.2, 0.25) is 0 Å². The zero-order chi connectivity index (χ0) is 13.3. The monoisotopic (exact) mass is 293 g/mol. The number of nitrogens with one attached hydrogen (secondary N) is 1. The van der Waals surface area contributed by atoms with Crippen LogP contribution in [0, 0.1) is 5.41 Å². The molecule has 0 spiro atoms. The summed E-state index contributed by atoms with van der Waals surface area (Å²) in [6.07, 6.45) is 3.38. The number of alkyl halides is 1. The highest BCUT2D eigenvalue weighted by Crippen LogP contribution is 2.48. The topological polar surface area (TPSA) is 29.1 Å². The van der Waals surface area contributed by atoms with Gasteiger partial charge < -0.3 is 5.32 Å². The van der Waals surface area contributed by atoms with Gasteiger partial charge in [0, 0.05) is 17.1 Å². The molecule has 3 rings (SSSR count). The number of benzene rings is 1. The van der Waals surface area contributed by atoms with Gasteiger partial charge in [0.15, 0.2) is 0 Å². The number of hydrogen-bond donors (Lipinski definition) is 1. The molecule has 1 aromatic heterocycles. The van der Waals surface area contributed by atoms with E-state index in [-0.39, 0.29) is 11.3 Å². The smallest absolute Gasteiger partial charge is 0.261 e. The highest BCUT2D eigenvalue weighted by Gasteiger charge is 2.41. The van der Waals surface area contributed by atoms with Crippen molar-refractivity contribution < 1.29 is 4.79 Å². The minimum absolute atomic E-state index is 0.0436. The molecule has 4 heteroatoms. The molecule has 1 aromatic carbocycles. The van der Waals surface area contributed by atoms with Crippen LogP contribution >= 0.6 is 22.9 Å². The van der Waals surface area contributed by atoms with Crippen molar-refractivity contribution in [3.63, 3.8) is 0 Å². The Morgan fingerprint density at radius 2 is 2.16 bits per heavy atom. The maximum absolute atomic E-state index is 12.2. The van der Waals surface area contributed by atoms with E-state index >= 15 is 0 Å². The molecular weight excluding hydrogens is 278 g/mol. The highest BCUT2D eigenvalue weighted by molar-refractivity contribution is 7.20. The van der Waals surface area contributed by atoms with Gasteiger partial charge in [-0.3, -0.25) is 4.79 Å². The second-order valence-electron chi connectivity index (χ2n) is 5.27. The Morgan fingerprint density at radius 3 is 2.84 bits per heavy atom. The van der Waals surface area contributed by atoms with Crippen molar-refractivity contribution in [3.8, 4) is 0 Å². The van der Waals surface area contributed by atoms with Crippen LogP contribution in [0.3, 0.4) is 0 Å². The third kappa shape index (κ3) is 2.77. The molecule has 1 amide bonds. The molecule has 0 aliphatic heterocycles. The quantitative estimate of drug-likeness (QED) is 0.828. The zero-order valence-electron chi connectivity index (χ0n) is 10.6. The number of thiophene rings is 1. The van der Waals surface area contributed by atoms with Crippen LogP contribution in [-0.2, 0) is 0 Å². The van der Waals surface area contributed by atoms with E-state index in [1.165, 1.54) is 12.8 Å². The number of rotatable bonds is 5. The number of carbonyl (C=O) groups is 1. The number of fused-ring (bicyclic) bond motifs is 1. The van der Waals surface area contributed by atoms with Crippen molar-refractivity contribution in [2.24, 2.45) is 5.41 Å². The molecular formula is C15H16ClNOS. The summed E-state index contributed by atoms with van der Waals surface area (Å²) in [7, 11) is 0. The summed E-state index contributed by atoms with van der Waals surface area (Å²) in [5, 5.41) is 4.20. The normalized spacial score (nSPS) is 16.5. The summed E-state index contributed by atoms with van der Waals surface area (Å²) in [4.78, 5) is 13.0. The van der Waals surface area contributed by atoms with Gasteiger partial charge in [0.25, 0.3) is 5.91 Å². The summed E-state index contributed by atoms with van der Waals surface area (Å²) in [6.45, 7) is 0.757.